The smallest absolute Gasteiger partial charge is 0.130 e. The van der Waals surface area contributed by atoms with E-state index in [1.54, 1.807) is 0 Å². The van der Waals surface area contributed by atoms with Crippen molar-refractivity contribution >= 4 is 54.8 Å². The van der Waals surface area contributed by atoms with E-state index >= 15 is 0 Å². The predicted molar refractivity (Wildman–Crippen MR) is 194 cm³/mol. The molecule has 1 aliphatic carbocycles. The van der Waals surface area contributed by atoms with Gasteiger partial charge in [-0.3, -0.25) is 0 Å². The lowest BCUT2D eigenvalue weighted by Crippen LogP contribution is -2.32. The zero-order valence-electron chi connectivity index (χ0n) is 24.7. The van der Waals surface area contributed by atoms with Crippen LogP contribution in [0.25, 0.3) is 42.4 Å². The maximum absolute atomic E-state index is 4.92. The van der Waals surface area contributed by atoms with E-state index in [4.69, 9.17) is 4.98 Å². The Bertz CT molecular complexity index is 2450. The molecule has 46 heavy (non-hydrogen) atoms. The number of fused-ring (bicyclic) bond motifs is 12. The molecule has 0 bridgehead atoms. The number of hydrogen-bond acceptors (Lipinski definition) is 4. The van der Waals surface area contributed by atoms with Gasteiger partial charge in [-0.1, -0.05) is 109 Å². The number of hydrogen-bond donors (Lipinski definition) is 1. The average molecular weight is 623 g/mol. The van der Waals surface area contributed by atoms with Crippen molar-refractivity contribution in [2.45, 2.75) is 15.2 Å². The van der Waals surface area contributed by atoms with Crippen LogP contribution in [0, 0.1) is 0 Å². The van der Waals surface area contributed by atoms with Gasteiger partial charge in [-0.25, -0.2) is 4.98 Å². The summed E-state index contributed by atoms with van der Waals surface area (Å²) in [5, 5.41) is 6.26. The summed E-state index contributed by atoms with van der Waals surface area (Å²) >= 11 is 3.71. The second-order valence-electron chi connectivity index (χ2n) is 12.0. The molecule has 4 heteroatoms. The second-order valence-corrected chi connectivity index (χ2v) is 14.2. The Morgan fingerprint density at radius 1 is 0.522 bits per heavy atom. The molecule has 1 aliphatic heterocycles. The molecule has 0 fully saturated rings. The number of nitrogens with zero attached hydrogens (tertiary/aromatic N) is 1. The van der Waals surface area contributed by atoms with E-state index < -0.39 is 0 Å². The van der Waals surface area contributed by atoms with Crippen LogP contribution in [0.5, 0.6) is 0 Å². The van der Waals surface area contributed by atoms with Crippen LogP contribution < -0.4 is 5.32 Å². The molecule has 10 rings (SSSR count). The summed E-state index contributed by atoms with van der Waals surface area (Å²) in [4.78, 5) is 7.52. The summed E-state index contributed by atoms with van der Waals surface area (Å²) in [6.45, 7) is 0. The van der Waals surface area contributed by atoms with Crippen molar-refractivity contribution in [3.8, 4) is 22.3 Å². The first-order valence-electron chi connectivity index (χ1n) is 15.5. The molecule has 8 aromatic rings. The van der Waals surface area contributed by atoms with Crippen molar-refractivity contribution < 1.29 is 0 Å². The molecule has 2 aromatic heterocycles. The van der Waals surface area contributed by atoms with E-state index in [0.29, 0.717) is 0 Å². The van der Waals surface area contributed by atoms with Crippen LogP contribution in [0.1, 0.15) is 22.3 Å². The Hall–Kier alpha value is -5.16. The van der Waals surface area contributed by atoms with Gasteiger partial charge in [0.1, 0.15) is 5.82 Å². The highest BCUT2D eigenvalue weighted by Crippen LogP contribution is 2.62. The lowest BCUT2D eigenvalue weighted by molar-refractivity contribution is 0.723. The van der Waals surface area contributed by atoms with Crippen LogP contribution in [-0.4, -0.2) is 4.98 Å². The largest absolute Gasteiger partial charge is 0.340 e. The Morgan fingerprint density at radius 3 is 2.00 bits per heavy atom. The third-order valence-electron chi connectivity index (χ3n) is 9.60. The minimum Gasteiger partial charge on any atom is -0.340 e. The minimum absolute atomic E-state index is 0.388. The van der Waals surface area contributed by atoms with Crippen molar-refractivity contribution in [3.05, 3.63) is 174 Å². The van der Waals surface area contributed by atoms with Crippen LogP contribution in [-0.2, 0) is 5.41 Å². The van der Waals surface area contributed by atoms with E-state index in [1.165, 1.54) is 68.9 Å². The quantitative estimate of drug-likeness (QED) is 0.212. The summed E-state index contributed by atoms with van der Waals surface area (Å²) in [5.74, 6) is 0.830. The first-order valence-corrected chi connectivity index (χ1v) is 17.2. The van der Waals surface area contributed by atoms with E-state index in [-0.39, 0.29) is 5.41 Å². The van der Waals surface area contributed by atoms with Gasteiger partial charge in [-0.05, 0) is 87.5 Å². The third kappa shape index (κ3) is 3.63. The number of anilines is 2. The molecule has 1 spiro atoms. The Kier molecular flexibility index (Phi) is 5.63. The number of nitrogens with one attached hydrogen (secondary N) is 1. The van der Waals surface area contributed by atoms with E-state index in [9.17, 15) is 0 Å². The van der Waals surface area contributed by atoms with Crippen molar-refractivity contribution in [1.82, 2.24) is 4.98 Å². The number of aromatic nitrogens is 1. The Balaban J connectivity index is 1.08. The molecule has 0 radical (unpaired) electrons. The van der Waals surface area contributed by atoms with Gasteiger partial charge in [0.25, 0.3) is 0 Å². The lowest BCUT2D eigenvalue weighted by Gasteiger charge is -2.39. The average Bonchev–Trinajstić information content (AvgIpc) is 3.64. The normalized spacial score (nSPS) is 13.7. The second kappa shape index (κ2) is 9.92. The molecule has 3 heterocycles. The highest BCUT2D eigenvalue weighted by atomic mass is 32.2. The molecular weight excluding hydrogens is 597 g/mol. The van der Waals surface area contributed by atoms with Gasteiger partial charge in [-0.2, -0.15) is 0 Å². The number of rotatable bonds is 3. The van der Waals surface area contributed by atoms with Crippen molar-refractivity contribution in [1.29, 1.82) is 0 Å². The van der Waals surface area contributed by atoms with Gasteiger partial charge >= 0.3 is 0 Å². The molecule has 0 atom stereocenters. The SMILES string of the molecule is c1ccc2c(c1)Sc1ccc(Nc3ccc(-c4cccc5sc6ccccc6c45)cn3)cc1C21c2ccccc2-c2ccccc21. The summed E-state index contributed by atoms with van der Waals surface area (Å²) in [6, 6.07) is 53.2. The van der Waals surface area contributed by atoms with Crippen molar-refractivity contribution in [3.63, 3.8) is 0 Å². The summed E-state index contributed by atoms with van der Waals surface area (Å²) < 4.78 is 2.62. The first kappa shape index (κ1) is 26.1. The number of thiophene rings is 1. The maximum Gasteiger partial charge on any atom is 0.130 e. The zero-order valence-corrected chi connectivity index (χ0v) is 26.3. The van der Waals surface area contributed by atoms with Gasteiger partial charge in [0.2, 0.25) is 0 Å². The maximum atomic E-state index is 4.92. The molecule has 2 aliphatic rings. The van der Waals surface area contributed by atoms with Crippen molar-refractivity contribution in [2.24, 2.45) is 0 Å². The molecule has 6 aromatic carbocycles. The van der Waals surface area contributed by atoms with Crippen LogP contribution in [0.3, 0.4) is 0 Å². The number of benzene rings is 6. The fourth-order valence-corrected chi connectivity index (χ4v) is 10.0. The van der Waals surface area contributed by atoms with Gasteiger partial charge in [-0.15, -0.1) is 11.3 Å². The van der Waals surface area contributed by atoms with Crippen LogP contribution >= 0.6 is 23.1 Å². The van der Waals surface area contributed by atoms with Crippen LogP contribution in [0.4, 0.5) is 11.5 Å². The van der Waals surface area contributed by atoms with Crippen LogP contribution in [0.2, 0.25) is 0 Å². The fourth-order valence-electron chi connectivity index (χ4n) is 7.72. The minimum atomic E-state index is -0.388. The highest BCUT2D eigenvalue weighted by Gasteiger charge is 2.50. The molecule has 2 nitrogen and oxygen atoms in total. The molecule has 0 amide bonds. The molecular formula is C42H26N2S2. The van der Waals surface area contributed by atoms with Gasteiger partial charge in [0, 0.05) is 47.4 Å². The van der Waals surface area contributed by atoms with Gasteiger partial charge in [0.15, 0.2) is 0 Å². The third-order valence-corrected chi connectivity index (χ3v) is 11.9. The van der Waals surface area contributed by atoms with E-state index in [1.807, 2.05) is 29.3 Å². The van der Waals surface area contributed by atoms with E-state index in [0.717, 1.165) is 17.1 Å². The van der Waals surface area contributed by atoms with Crippen molar-refractivity contribution in [2.75, 3.05) is 5.32 Å². The Morgan fingerprint density at radius 2 is 1.20 bits per heavy atom. The molecule has 0 saturated carbocycles. The van der Waals surface area contributed by atoms with Gasteiger partial charge < -0.3 is 5.32 Å². The summed E-state index contributed by atoms with van der Waals surface area (Å²) in [7, 11) is 0. The predicted octanol–water partition coefficient (Wildman–Crippen LogP) is 11.7. The standard InChI is InChI=1S/C42H26N2S2/c1-4-14-32-29(10-1)30-11-2-5-15-33(30)42(32)34-16-6-8-18-37(34)46-38-22-21-27(24-35(38)42)44-40-23-20-26(25-43-40)28-13-9-19-39-41(28)31-12-3-7-17-36(31)45-39/h1-25H,(H,43,44). The van der Waals surface area contributed by atoms with Gasteiger partial charge in [0.05, 0.1) is 5.41 Å². The molecule has 0 unspecified atom stereocenters. The summed E-state index contributed by atoms with van der Waals surface area (Å²) in [6.07, 6.45) is 2.00. The first-order chi connectivity index (χ1) is 22.8. The monoisotopic (exact) mass is 622 g/mol. The highest BCUT2D eigenvalue weighted by molar-refractivity contribution is 7.99. The fraction of sp³-hybridized carbons (Fsp3) is 0.0238. The molecule has 0 saturated heterocycles. The van der Waals surface area contributed by atoms with Crippen LogP contribution in [0.15, 0.2) is 162 Å². The topological polar surface area (TPSA) is 24.9 Å². The lowest BCUT2D eigenvalue weighted by atomic mass is 9.67. The summed E-state index contributed by atoms with van der Waals surface area (Å²) in [5.41, 5.74) is 11.0. The molecule has 216 valence electrons. The molecule has 1 N–H and O–H groups in total. The Labute approximate surface area is 275 Å². The number of pyridine rings is 1. The zero-order chi connectivity index (χ0) is 30.2. The van der Waals surface area contributed by atoms with E-state index in [2.05, 4.69) is 151 Å².